The number of nitrogens with zero attached hydrogens (tertiary/aromatic N) is 1. The molecule has 1 rings (SSSR count). The zero-order valence-corrected chi connectivity index (χ0v) is 6.35. The maximum atomic E-state index is 11.9. The molecule has 1 N–H and O–H groups in total. The molecule has 0 bridgehead atoms. The molecule has 7 heteroatoms. The first-order chi connectivity index (χ1) is 5.59. The highest BCUT2D eigenvalue weighted by Gasteiger charge is 2.13. The summed E-state index contributed by atoms with van der Waals surface area (Å²) in [7, 11) is 0. The van der Waals surface area contributed by atoms with Gasteiger partial charge in [0.2, 0.25) is 0 Å². The van der Waals surface area contributed by atoms with Crippen LogP contribution in [0.4, 0.5) is 13.6 Å². The van der Waals surface area contributed by atoms with Crippen molar-refractivity contribution >= 4 is 17.5 Å². The van der Waals surface area contributed by atoms with Crippen LogP contribution < -0.4 is 4.74 Å². The quantitative estimate of drug-likeness (QED) is 0.734. The molecule has 0 saturated carbocycles. The number of aromatic nitrogens is 1. The van der Waals surface area contributed by atoms with Crippen molar-refractivity contribution in [2.45, 2.75) is 6.43 Å². The standard InChI is InChI=1S/C5H3F2NO3S/c6-3(7)2-1-12-4(8-2)11-5(9)10/h1,3H,(H,9,10). The van der Waals surface area contributed by atoms with Crippen molar-refractivity contribution in [2.75, 3.05) is 0 Å². The van der Waals surface area contributed by atoms with Crippen LogP contribution in [0.5, 0.6) is 5.19 Å². The predicted molar refractivity (Wildman–Crippen MR) is 35.7 cm³/mol. The molecule has 0 unspecified atom stereocenters. The van der Waals surface area contributed by atoms with Gasteiger partial charge < -0.3 is 9.84 Å². The number of rotatable bonds is 2. The highest BCUT2D eigenvalue weighted by atomic mass is 32.1. The Morgan fingerprint density at radius 2 is 2.42 bits per heavy atom. The molecule has 0 spiro atoms. The maximum Gasteiger partial charge on any atom is 0.513 e. The fourth-order valence-corrected chi connectivity index (χ4v) is 1.15. The van der Waals surface area contributed by atoms with Crippen molar-refractivity contribution in [3.05, 3.63) is 11.1 Å². The molecule has 0 atom stereocenters. The summed E-state index contributed by atoms with van der Waals surface area (Å²) >= 11 is 0.712. The molecule has 0 fully saturated rings. The third-order valence-electron chi connectivity index (χ3n) is 0.899. The van der Waals surface area contributed by atoms with E-state index in [1.807, 2.05) is 0 Å². The lowest BCUT2D eigenvalue weighted by atomic mass is 10.5. The van der Waals surface area contributed by atoms with Gasteiger partial charge in [0.1, 0.15) is 5.69 Å². The second-order valence-corrected chi connectivity index (χ2v) is 2.53. The van der Waals surface area contributed by atoms with Crippen molar-refractivity contribution in [2.24, 2.45) is 0 Å². The monoisotopic (exact) mass is 195 g/mol. The van der Waals surface area contributed by atoms with Crippen molar-refractivity contribution in [3.63, 3.8) is 0 Å². The molecule has 1 heterocycles. The largest absolute Gasteiger partial charge is 0.513 e. The Morgan fingerprint density at radius 3 is 2.83 bits per heavy atom. The van der Waals surface area contributed by atoms with Crippen LogP contribution in [0, 0.1) is 0 Å². The number of carbonyl (C=O) groups is 1. The fraction of sp³-hybridized carbons (Fsp3) is 0.200. The van der Waals surface area contributed by atoms with E-state index in [1.165, 1.54) is 0 Å². The van der Waals surface area contributed by atoms with Gasteiger partial charge in [0, 0.05) is 5.38 Å². The van der Waals surface area contributed by atoms with Crippen molar-refractivity contribution in [1.82, 2.24) is 4.98 Å². The van der Waals surface area contributed by atoms with Gasteiger partial charge in [0.05, 0.1) is 0 Å². The van der Waals surface area contributed by atoms with Crippen molar-refractivity contribution < 1.29 is 23.4 Å². The molecule has 4 nitrogen and oxygen atoms in total. The summed E-state index contributed by atoms with van der Waals surface area (Å²) < 4.78 is 27.8. The van der Waals surface area contributed by atoms with Crippen LogP contribution in [0.25, 0.3) is 0 Å². The number of thiazole rings is 1. The molecular weight excluding hydrogens is 192 g/mol. The molecule has 12 heavy (non-hydrogen) atoms. The van der Waals surface area contributed by atoms with Gasteiger partial charge in [-0.05, 0) is 0 Å². The molecule has 0 aromatic carbocycles. The summed E-state index contributed by atoms with van der Waals surface area (Å²) in [6, 6.07) is 0. The van der Waals surface area contributed by atoms with Crippen LogP contribution in [0.15, 0.2) is 5.38 Å². The number of halogens is 2. The van der Waals surface area contributed by atoms with E-state index >= 15 is 0 Å². The summed E-state index contributed by atoms with van der Waals surface area (Å²) in [6.45, 7) is 0. The van der Waals surface area contributed by atoms with E-state index in [4.69, 9.17) is 5.11 Å². The van der Waals surface area contributed by atoms with Crippen LogP contribution >= 0.6 is 11.3 Å². The Bertz CT molecular complexity index is 288. The minimum Gasteiger partial charge on any atom is -0.449 e. The molecule has 0 radical (unpaired) electrons. The summed E-state index contributed by atoms with van der Waals surface area (Å²) in [6.07, 6.45) is -4.27. The third kappa shape index (κ3) is 2.12. The summed E-state index contributed by atoms with van der Waals surface area (Å²) in [5.74, 6) is 0. The van der Waals surface area contributed by atoms with Gasteiger partial charge in [-0.3, -0.25) is 0 Å². The maximum absolute atomic E-state index is 11.9. The molecule has 1 aromatic rings. The Kier molecular flexibility index (Phi) is 2.54. The zero-order chi connectivity index (χ0) is 9.14. The number of alkyl halides is 2. The second-order valence-electron chi connectivity index (χ2n) is 1.71. The molecule has 0 amide bonds. The highest BCUT2D eigenvalue weighted by Crippen LogP contribution is 2.25. The van der Waals surface area contributed by atoms with Gasteiger partial charge in [-0.1, -0.05) is 11.3 Å². The smallest absolute Gasteiger partial charge is 0.449 e. The summed E-state index contributed by atoms with van der Waals surface area (Å²) in [5, 5.41) is 8.82. The predicted octanol–water partition coefficient (Wildman–Crippen LogP) is 2.14. The number of ether oxygens (including phenoxy) is 1. The lowest BCUT2D eigenvalue weighted by Gasteiger charge is -1.91. The van der Waals surface area contributed by atoms with Crippen LogP contribution in [-0.2, 0) is 0 Å². The topological polar surface area (TPSA) is 59.4 Å². The molecule has 0 aliphatic carbocycles. The van der Waals surface area contributed by atoms with E-state index in [2.05, 4.69) is 9.72 Å². The van der Waals surface area contributed by atoms with Crippen LogP contribution in [0.1, 0.15) is 12.1 Å². The SMILES string of the molecule is O=C(O)Oc1nc(C(F)F)cs1. The Hall–Kier alpha value is -1.24. The minimum absolute atomic E-state index is 0.294. The second kappa shape index (κ2) is 3.44. The zero-order valence-electron chi connectivity index (χ0n) is 5.53. The van der Waals surface area contributed by atoms with Crippen molar-refractivity contribution in [3.8, 4) is 5.19 Å². The minimum atomic E-state index is -2.70. The van der Waals surface area contributed by atoms with E-state index in [0.717, 1.165) is 5.38 Å². The number of hydrogen-bond donors (Lipinski definition) is 1. The van der Waals surface area contributed by atoms with Gasteiger partial charge in [-0.2, -0.15) is 0 Å². The van der Waals surface area contributed by atoms with E-state index in [0.29, 0.717) is 11.3 Å². The fourth-order valence-electron chi connectivity index (χ4n) is 0.491. The van der Waals surface area contributed by atoms with Crippen LogP contribution in [0.2, 0.25) is 0 Å². The van der Waals surface area contributed by atoms with E-state index in [1.54, 1.807) is 0 Å². The van der Waals surface area contributed by atoms with Gasteiger partial charge in [0.15, 0.2) is 0 Å². The lowest BCUT2D eigenvalue weighted by Crippen LogP contribution is -2.02. The molecule has 0 aliphatic heterocycles. The lowest BCUT2D eigenvalue weighted by molar-refractivity contribution is 0.138. The average Bonchev–Trinajstić information content (AvgIpc) is 2.34. The van der Waals surface area contributed by atoms with Crippen molar-refractivity contribution in [1.29, 1.82) is 0 Å². The van der Waals surface area contributed by atoms with Gasteiger partial charge in [0.25, 0.3) is 11.6 Å². The summed E-state index contributed by atoms with van der Waals surface area (Å²) in [5.41, 5.74) is -0.476. The Morgan fingerprint density at radius 1 is 1.75 bits per heavy atom. The van der Waals surface area contributed by atoms with Gasteiger partial charge in [-0.15, -0.1) is 0 Å². The van der Waals surface area contributed by atoms with E-state index in [9.17, 15) is 13.6 Å². The van der Waals surface area contributed by atoms with Crippen LogP contribution in [-0.4, -0.2) is 16.2 Å². The first-order valence-electron chi connectivity index (χ1n) is 2.74. The summed E-state index contributed by atoms with van der Waals surface area (Å²) in [4.78, 5) is 13.1. The Balaban J connectivity index is 2.70. The molecule has 0 saturated heterocycles. The highest BCUT2D eigenvalue weighted by molar-refractivity contribution is 7.11. The molecular formula is C5H3F2NO3S. The Labute approximate surface area is 69.4 Å². The number of hydrogen-bond acceptors (Lipinski definition) is 4. The van der Waals surface area contributed by atoms with E-state index < -0.39 is 18.3 Å². The van der Waals surface area contributed by atoms with Crippen LogP contribution in [0.3, 0.4) is 0 Å². The molecule has 66 valence electrons. The molecule has 1 aromatic heterocycles. The number of carboxylic acid groups (broad SMARTS) is 1. The third-order valence-corrected chi connectivity index (χ3v) is 1.63. The first kappa shape index (κ1) is 8.85. The van der Waals surface area contributed by atoms with Gasteiger partial charge >= 0.3 is 6.16 Å². The normalized spacial score (nSPS) is 10.2. The van der Waals surface area contributed by atoms with Gasteiger partial charge in [-0.25, -0.2) is 18.6 Å². The first-order valence-corrected chi connectivity index (χ1v) is 3.62. The van der Waals surface area contributed by atoms with E-state index in [-0.39, 0.29) is 5.19 Å². The molecule has 0 aliphatic rings. The average molecular weight is 195 g/mol.